The number of ether oxygens (including phenoxy) is 2. The molecule has 0 amide bonds. The van der Waals surface area contributed by atoms with E-state index in [1.54, 1.807) is 18.7 Å². The van der Waals surface area contributed by atoms with E-state index in [9.17, 15) is 0 Å². The van der Waals surface area contributed by atoms with Crippen LogP contribution in [-0.2, 0) is 11.3 Å². The maximum absolute atomic E-state index is 6.03. The highest BCUT2D eigenvalue weighted by atomic mass is 35.5. The molecule has 0 saturated carbocycles. The highest BCUT2D eigenvalue weighted by molar-refractivity contribution is 6.30. The van der Waals surface area contributed by atoms with Crippen LogP contribution in [0.3, 0.4) is 0 Å². The van der Waals surface area contributed by atoms with Gasteiger partial charge in [-0.25, -0.2) is 9.97 Å². The van der Waals surface area contributed by atoms with Gasteiger partial charge in [0, 0.05) is 43.9 Å². The van der Waals surface area contributed by atoms with Crippen molar-refractivity contribution in [1.82, 2.24) is 19.4 Å². The van der Waals surface area contributed by atoms with E-state index in [2.05, 4.69) is 39.1 Å². The number of hydrogen-bond donors (Lipinski definition) is 0. The smallest absolute Gasteiger partial charge is 0.171 e. The molecule has 0 N–H and O–H groups in total. The topological polar surface area (TPSA) is 52.4 Å². The molecule has 1 saturated heterocycles. The molecule has 27 heavy (non-hydrogen) atoms. The molecule has 1 fully saturated rings. The third-order valence-corrected chi connectivity index (χ3v) is 4.80. The quantitative estimate of drug-likeness (QED) is 0.611. The summed E-state index contributed by atoms with van der Waals surface area (Å²) in [6, 6.07) is 12.2. The highest BCUT2D eigenvalue weighted by Gasteiger charge is 2.21. The number of benzene rings is 1. The summed E-state index contributed by atoms with van der Waals surface area (Å²) < 4.78 is 13.6. The molecule has 0 radical (unpaired) electrons. The van der Waals surface area contributed by atoms with Gasteiger partial charge < -0.3 is 14.0 Å². The zero-order valence-electron chi connectivity index (χ0n) is 14.9. The SMILES string of the molecule is Clc1ncccc1OCC1CN(Cc2ccc(-n3ccnc3)cc2)CCO1. The van der Waals surface area contributed by atoms with Gasteiger partial charge in [-0.15, -0.1) is 0 Å². The number of nitrogens with zero attached hydrogens (tertiary/aromatic N) is 4. The first-order chi connectivity index (χ1) is 13.3. The second kappa shape index (κ2) is 8.52. The molecular formula is C20H21ClN4O2. The molecule has 3 aromatic rings. The molecule has 1 atom stereocenters. The monoisotopic (exact) mass is 384 g/mol. The van der Waals surface area contributed by atoms with Gasteiger partial charge in [-0.05, 0) is 29.8 Å². The predicted octanol–water partition coefficient (Wildman–Crippen LogP) is 3.20. The first-order valence-electron chi connectivity index (χ1n) is 8.92. The lowest BCUT2D eigenvalue weighted by Gasteiger charge is -2.32. The zero-order valence-corrected chi connectivity index (χ0v) is 15.6. The Bertz CT molecular complexity index is 855. The number of aromatic nitrogens is 3. The lowest BCUT2D eigenvalue weighted by molar-refractivity contribution is -0.0504. The van der Waals surface area contributed by atoms with Gasteiger partial charge in [0.05, 0.1) is 12.9 Å². The molecule has 140 valence electrons. The van der Waals surface area contributed by atoms with Gasteiger partial charge in [-0.3, -0.25) is 4.90 Å². The molecule has 1 aromatic carbocycles. The average molecular weight is 385 g/mol. The van der Waals surface area contributed by atoms with Gasteiger partial charge in [0.25, 0.3) is 0 Å². The van der Waals surface area contributed by atoms with E-state index < -0.39 is 0 Å². The summed E-state index contributed by atoms with van der Waals surface area (Å²) in [5.41, 5.74) is 2.38. The summed E-state index contributed by atoms with van der Waals surface area (Å²) in [7, 11) is 0. The molecule has 1 aliphatic heterocycles. The van der Waals surface area contributed by atoms with Crippen LogP contribution in [-0.4, -0.2) is 51.8 Å². The molecule has 0 aliphatic carbocycles. The third kappa shape index (κ3) is 4.66. The van der Waals surface area contributed by atoms with Crippen LogP contribution in [0.1, 0.15) is 5.56 Å². The number of halogens is 1. The van der Waals surface area contributed by atoms with Gasteiger partial charge in [-0.2, -0.15) is 0 Å². The van der Waals surface area contributed by atoms with Gasteiger partial charge in [-0.1, -0.05) is 23.7 Å². The van der Waals surface area contributed by atoms with Crippen LogP contribution in [0.15, 0.2) is 61.3 Å². The molecule has 6 nitrogen and oxygen atoms in total. The summed E-state index contributed by atoms with van der Waals surface area (Å²) in [4.78, 5) is 10.5. The number of morpholine rings is 1. The van der Waals surface area contributed by atoms with Crippen molar-refractivity contribution in [3.63, 3.8) is 0 Å². The van der Waals surface area contributed by atoms with Crippen LogP contribution in [0, 0.1) is 0 Å². The van der Waals surface area contributed by atoms with Crippen LogP contribution >= 0.6 is 11.6 Å². The van der Waals surface area contributed by atoms with E-state index in [0.29, 0.717) is 24.1 Å². The van der Waals surface area contributed by atoms with E-state index in [4.69, 9.17) is 21.1 Å². The van der Waals surface area contributed by atoms with Crippen molar-refractivity contribution in [2.75, 3.05) is 26.3 Å². The summed E-state index contributed by atoms with van der Waals surface area (Å²) in [6.45, 7) is 3.77. The van der Waals surface area contributed by atoms with Crippen molar-refractivity contribution in [3.8, 4) is 11.4 Å². The summed E-state index contributed by atoms with van der Waals surface area (Å²) in [6.07, 6.45) is 7.18. The molecule has 0 bridgehead atoms. The van der Waals surface area contributed by atoms with Crippen molar-refractivity contribution in [1.29, 1.82) is 0 Å². The summed E-state index contributed by atoms with van der Waals surface area (Å²) >= 11 is 6.03. The minimum atomic E-state index is 0.0141. The van der Waals surface area contributed by atoms with E-state index in [1.165, 1.54) is 5.56 Å². The molecule has 1 aliphatic rings. The minimum Gasteiger partial charge on any atom is -0.488 e. The third-order valence-electron chi connectivity index (χ3n) is 4.52. The molecule has 0 spiro atoms. The Kier molecular flexibility index (Phi) is 5.67. The van der Waals surface area contributed by atoms with Crippen LogP contribution in [0.5, 0.6) is 5.75 Å². The van der Waals surface area contributed by atoms with E-state index >= 15 is 0 Å². The molecule has 7 heteroatoms. The molecule has 3 heterocycles. The van der Waals surface area contributed by atoms with E-state index in [1.807, 2.05) is 22.9 Å². The minimum absolute atomic E-state index is 0.0141. The fourth-order valence-corrected chi connectivity index (χ4v) is 3.30. The molecule has 4 rings (SSSR count). The fourth-order valence-electron chi connectivity index (χ4n) is 3.13. The molecule has 2 aromatic heterocycles. The first kappa shape index (κ1) is 18.0. The second-order valence-electron chi connectivity index (χ2n) is 6.47. The summed E-state index contributed by atoms with van der Waals surface area (Å²) in [5, 5.41) is 0.378. The number of rotatable bonds is 6. The van der Waals surface area contributed by atoms with Crippen molar-refractivity contribution in [2.45, 2.75) is 12.6 Å². The normalized spacial score (nSPS) is 17.7. The van der Waals surface area contributed by atoms with Crippen molar-refractivity contribution >= 4 is 11.6 Å². The number of hydrogen-bond acceptors (Lipinski definition) is 5. The molecule has 1 unspecified atom stereocenters. The Morgan fingerprint density at radius 3 is 2.85 bits per heavy atom. The maximum atomic E-state index is 6.03. The summed E-state index contributed by atoms with van der Waals surface area (Å²) in [5.74, 6) is 0.593. The largest absolute Gasteiger partial charge is 0.488 e. The van der Waals surface area contributed by atoms with Crippen molar-refractivity contribution < 1.29 is 9.47 Å². The lowest BCUT2D eigenvalue weighted by Crippen LogP contribution is -2.44. The molecular weight excluding hydrogens is 364 g/mol. The Morgan fingerprint density at radius 2 is 2.07 bits per heavy atom. The average Bonchev–Trinajstić information content (AvgIpc) is 3.23. The Hall–Kier alpha value is -2.41. The van der Waals surface area contributed by atoms with Gasteiger partial charge in [0.15, 0.2) is 10.9 Å². The maximum Gasteiger partial charge on any atom is 0.171 e. The highest BCUT2D eigenvalue weighted by Crippen LogP contribution is 2.21. The first-order valence-corrected chi connectivity index (χ1v) is 9.30. The lowest BCUT2D eigenvalue weighted by atomic mass is 10.1. The van der Waals surface area contributed by atoms with Gasteiger partial charge in [0.2, 0.25) is 0 Å². The van der Waals surface area contributed by atoms with Crippen LogP contribution < -0.4 is 4.74 Å². The number of pyridine rings is 1. The van der Waals surface area contributed by atoms with Gasteiger partial charge in [0.1, 0.15) is 12.7 Å². The van der Waals surface area contributed by atoms with Gasteiger partial charge >= 0.3 is 0 Å². The fraction of sp³-hybridized carbons (Fsp3) is 0.300. The van der Waals surface area contributed by atoms with Crippen LogP contribution in [0.2, 0.25) is 5.15 Å². The van der Waals surface area contributed by atoms with Crippen LogP contribution in [0.4, 0.5) is 0 Å². The second-order valence-corrected chi connectivity index (χ2v) is 6.83. The standard InChI is InChI=1S/C20H21ClN4O2/c21-20-19(2-1-7-23-20)27-14-18-13-24(10-11-26-18)12-16-3-5-17(6-4-16)25-9-8-22-15-25/h1-9,15,18H,10-14H2. The Morgan fingerprint density at radius 1 is 1.19 bits per heavy atom. The van der Waals surface area contributed by atoms with E-state index in [0.717, 1.165) is 25.3 Å². The zero-order chi connectivity index (χ0) is 18.5. The predicted molar refractivity (Wildman–Crippen MR) is 103 cm³/mol. The van der Waals surface area contributed by atoms with E-state index in [-0.39, 0.29) is 6.10 Å². The van der Waals surface area contributed by atoms with Crippen molar-refractivity contribution in [2.24, 2.45) is 0 Å². The van der Waals surface area contributed by atoms with Crippen molar-refractivity contribution in [3.05, 3.63) is 72.0 Å². The number of imidazole rings is 1. The Balaban J connectivity index is 1.31. The Labute approximate surface area is 163 Å². The van der Waals surface area contributed by atoms with Crippen LogP contribution in [0.25, 0.3) is 5.69 Å².